The Bertz CT molecular complexity index is 715. The molecule has 1 atom stereocenters. The van der Waals surface area contributed by atoms with Gasteiger partial charge in [0.2, 0.25) is 0 Å². The topological polar surface area (TPSA) is 47.1 Å². The van der Waals surface area contributed by atoms with E-state index in [9.17, 15) is 0 Å². The molecule has 2 aliphatic rings. The third-order valence-corrected chi connectivity index (χ3v) is 5.53. The fourth-order valence-corrected chi connectivity index (χ4v) is 4.43. The first-order chi connectivity index (χ1) is 11.6. The lowest BCUT2D eigenvalue weighted by molar-refractivity contribution is 0.307. The van der Waals surface area contributed by atoms with Crippen LogP contribution in [0.1, 0.15) is 73.7 Å². The van der Waals surface area contributed by atoms with E-state index in [0.717, 1.165) is 37.5 Å². The van der Waals surface area contributed by atoms with Crippen LogP contribution in [0.5, 0.6) is 0 Å². The van der Waals surface area contributed by atoms with Gasteiger partial charge in [0.15, 0.2) is 6.39 Å². The third-order valence-electron chi connectivity index (χ3n) is 5.53. The minimum Gasteiger partial charge on any atom is -0.448 e. The van der Waals surface area contributed by atoms with Crippen LogP contribution in [-0.2, 0) is 19.4 Å². The molecule has 4 rings (SSSR count). The normalized spacial score (nSPS) is 21.6. The second kappa shape index (κ2) is 6.36. The highest BCUT2D eigenvalue weighted by molar-refractivity contribution is 5.21. The molecule has 0 amide bonds. The van der Waals surface area contributed by atoms with Gasteiger partial charge in [-0.1, -0.05) is 13.8 Å². The molecule has 130 valence electrons. The van der Waals surface area contributed by atoms with Crippen LogP contribution in [0.2, 0.25) is 0 Å². The minimum absolute atomic E-state index is 0.392. The fourth-order valence-electron chi connectivity index (χ4n) is 4.43. The second-order valence-corrected chi connectivity index (χ2v) is 7.63. The Hall–Kier alpha value is -1.62. The lowest BCUT2D eigenvalue weighted by Gasteiger charge is -2.21. The number of aromatic nitrogens is 3. The molecule has 1 aliphatic carbocycles. The molecule has 5 heteroatoms. The first-order valence-electron chi connectivity index (χ1n) is 9.34. The van der Waals surface area contributed by atoms with Crippen molar-refractivity contribution in [2.45, 2.75) is 71.4 Å². The van der Waals surface area contributed by atoms with Crippen LogP contribution < -0.4 is 0 Å². The van der Waals surface area contributed by atoms with Crippen LogP contribution in [0, 0.1) is 6.92 Å². The zero-order valence-electron chi connectivity index (χ0n) is 15.1. The number of aryl methyl sites for hydroxylation is 2. The van der Waals surface area contributed by atoms with E-state index in [-0.39, 0.29) is 0 Å². The van der Waals surface area contributed by atoms with Crippen molar-refractivity contribution in [3.63, 3.8) is 0 Å². The third kappa shape index (κ3) is 2.79. The Balaban J connectivity index is 1.49. The maximum atomic E-state index is 5.58. The van der Waals surface area contributed by atoms with Crippen LogP contribution >= 0.6 is 0 Å². The van der Waals surface area contributed by atoms with Gasteiger partial charge in [0.1, 0.15) is 11.6 Å². The number of oxazole rings is 1. The fraction of sp³-hybridized carbons (Fsp3) is 0.684. The number of fused-ring (bicyclic) bond motifs is 1. The van der Waals surface area contributed by atoms with Gasteiger partial charge in [-0.15, -0.1) is 0 Å². The van der Waals surface area contributed by atoms with E-state index in [2.05, 4.69) is 35.2 Å². The molecule has 1 fully saturated rings. The molecule has 0 radical (unpaired) electrons. The Labute approximate surface area is 144 Å². The molecule has 5 nitrogen and oxygen atoms in total. The zero-order chi connectivity index (χ0) is 16.7. The summed E-state index contributed by atoms with van der Waals surface area (Å²) in [5.74, 6) is 2.64. The number of likely N-dealkylation sites (tertiary alicyclic amines) is 1. The van der Waals surface area contributed by atoms with E-state index < -0.39 is 0 Å². The van der Waals surface area contributed by atoms with E-state index in [1.807, 2.05) is 0 Å². The number of imidazole rings is 1. The standard InChI is InChI=1S/C19H28N4O/c1-13(2)19-17(20-12-24-19)11-22-9-8-15(10-22)23-14(3)21-16-6-4-5-7-18(16)23/h12-13,15H,4-11H2,1-3H3/t15-/m1/s1. The molecule has 0 spiro atoms. The molecule has 0 saturated carbocycles. The quantitative estimate of drug-likeness (QED) is 0.860. The molecule has 0 unspecified atom stereocenters. The first kappa shape index (κ1) is 15.9. The molecular weight excluding hydrogens is 300 g/mol. The molecule has 1 aliphatic heterocycles. The Morgan fingerprint density at radius 1 is 1.29 bits per heavy atom. The summed E-state index contributed by atoms with van der Waals surface area (Å²) in [6.45, 7) is 9.62. The summed E-state index contributed by atoms with van der Waals surface area (Å²) in [7, 11) is 0. The Morgan fingerprint density at radius 3 is 2.96 bits per heavy atom. The summed E-state index contributed by atoms with van der Waals surface area (Å²) in [5.41, 5.74) is 3.97. The molecule has 0 bridgehead atoms. The largest absolute Gasteiger partial charge is 0.448 e. The van der Waals surface area contributed by atoms with E-state index in [1.165, 1.54) is 42.9 Å². The smallest absolute Gasteiger partial charge is 0.181 e. The van der Waals surface area contributed by atoms with Gasteiger partial charge in [-0.3, -0.25) is 4.90 Å². The highest BCUT2D eigenvalue weighted by Crippen LogP contribution is 2.31. The summed E-state index contributed by atoms with van der Waals surface area (Å²) in [6.07, 6.45) is 7.77. The highest BCUT2D eigenvalue weighted by Gasteiger charge is 2.30. The van der Waals surface area contributed by atoms with E-state index in [1.54, 1.807) is 6.39 Å². The van der Waals surface area contributed by atoms with Gasteiger partial charge >= 0.3 is 0 Å². The molecular formula is C19H28N4O. The van der Waals surface area contributed by atoms with E-state index >= 15 is 0 Å². The minimum atomic E-state index is 0.392. The van der Waals surface area contributed by atoms with Gasteiger partial charge in [0.25, 0.3) is 0 Å². The van der Waals surface area contributed by atoms with Crippen molar-refractivity contribution in [2.75, 3.05) is 13.1 Å². The molecule has 2 aromatic heterocycles. The molecule has 3 heterocycles. The van der Waals surface area contributed by atoms with E-state index in [0.29, 0.717) is 12.0 Å². The number of hydrogen-bond acceptors (Lipinski definition) is 4. The Morgan fingerprint density at radius 2 is 2.12 bits per heavy atom. The van der Waals surface area contributed by atoms with Crippen LogP contribution in [-0.4, -0.2) is 32.5 Å². The lowest BCUT2D eigenvalue weighted by Crippen LogP contribution is -2.23. The van der Waals surface area contributed by atoms with Gasteiger partial charge in [0, 0.05) is 37.3 Å². The molecule has 2 aromatic rings. The molecule has 1 saturated heterocycles. The number of hydrogen-bond donors (Lipinski definition) is 0. The predicted molar refractivity (Wildman–Crippen MR) is 93.1 cm³/mol. The van der Waals surface area contributed by atoms with E-state index in [4.69, 9.17) is 9.40 Å². The first-order valence-corrected chi connectivity index (χ1v) is 9.34. The summed E-state index contributed by atoms with van der Waals surface area (Å²) >= 11 is 0. The van der Waals surface area contributed by atoms with Gasteiger partial charge in [-0.25, -0.2) is 9.97 Å². The van der Waals surface area contributed by atoms with Gasteiger partial charge in [-0.2, -0.15) is 0 Å². The van der Waals surface area contributed by atoms with Crippen molar-refractivity contribution in [1.29, 1.82) is 0 Å². The van der Waals surface area contributed by atoms with Crippen molar-refractivity contribution >= 4 is 0 Å². The number of rotatable bonds is 4. The summed E-state index contributed by atoms with van der Waals surface area (Å²) in [5, 5.41) is 0. The maximum absolute atomic E-state index is 5.58. The maximum Gasteiger partial charge on any atom is 0.181 e. The lowest BCUT2D eigenvalue weighted by atomic mass is 10.0. The molecule has 0 N–H and O–H groups in total. The molecule has 24 heavy (non-hydrogen) atoms. The van der Waals surface area contributed by atoms with Crippen molar-refractivity contribution in [2.24, 2.45) is 0 Å². The monoisotopic (exact) mass is 328 g/mol. The summed E-state index contributed by atoms with van der Waals surface area (Å²) in [6, 6.07) is 0.564. The Kier molecular flexibility index (Phi) is 4.21. The van der Waals surface area contributed by atoms with Crippen molar-refractivity contribution < 1.29 is 4.42 Å². The van der Waals surface area contributed by atoms with Crippen LogP contribution in [0.3, 0.4) is 0 Å². The van der Waals surface area contributed by atoms with Crippen molar-refractivity contribution in [3.8, 4) is 0 Å². The summed E-state index contributed by atoms with van der Waals surface area (Å²) in [4.78, 5) is 11.8. The van der Waals surface area contributed by atoms with Crippen LogP contribution in [0.4, 0.5) is 0 Å². The number of nitrogens with zero attached hydrogens (tertiary/aromatic N) is 4. The van der Waals surface area contributed by atoms with Crippen molar-refractivity contribution in [1.82, 2.24) is 19.4 Å². The average molecular weight is 328 g/mol. The van der Waals surface area contributed by atoms with Gasteiger partial charge in [-0.05, 0) is 39.0 Å². The second-order valence-electron chi connectivity index (χ2n) is 7.63. The van der Waals surface area contributed by atoms with Crippen LogP contribution in [0.15, 0.2) is 10.8 Å². The SMILES string of the molecule is Cc1nc2c(n1[C@@H]1CCN(Cc3ncoc3C(C)C)C1)CCCC2. The average Bonchev–Trinajstić information content (AvgIpc) is 3.25. The predicted octanol–water partition coefficient (Wildman–Crippen LogP) is 3.63. The zero-order valence-corrected chi connectivity index (χ0v) is 15.1. The van der Waals surface area contributed by atoms with Crippen LogP contribution in [0.25, 0.3) is 0 Å². The highest BCUT2D eigenvalue weighted by atomic mass is 16.3. The van der Waals surface area contributed by atoms with Gasteiger partial charge < -0.3 is 8.98 Å². The summed E-state index contributed by atoms with van der Waals surface area (Å²) < 4.78 is 8.12. The van der Waals surface area contributed by atoms with Crippen molar-refractivity contribution in [3.05, 3.63) is 35.1 Å². The molecule has 0 aromatic carbocycles. The van der Waals surface area contributed by atoms with Gasteiger partial charge in [0.05, 0.1) is 11.4 Å².